The SMILES string of the molecule is CCN1C(=O)C(Cc2ccncn2)c2cc(Cl)ccc21. The van der Waals surface area contributed by atoms with Crippen LogP contribution in [0.25, 0.3) is 0 Å². The second-order valence-corrected chi connectivity index (χ2v) is 5.18. The standard InChI is InChI=1S/C15H14ClN3O/c1-2-19-14-4-3-10(16)7-12(14)13(15(19)20)8-11-5-6-17-9-18-11/h3-7,9,13H,2,8H2,1H3. The zero-order chi connectivity index (χ0) is 14.1. The Morgan fingerprint density at radius 3 is 2.90 bits per heavy atom. The summed E-state index contributed by atoms with van der Waals surface area (Å²) in [5.74, 6) is -0.0954. The number of hydrogen-bond acceptors (Lipinski definition) is 3. The van der Waals surface area contributed by atoms with Gasteiger partial charge in [-0.1, -0.05) is 11.6 Å². The molecule has 2 aromatic rings. The molecule has 0 saturated carbocycles. The maximum Gasteiger partial charge on any atom is 0.235 e. The number of nitrogens with zero attached hydrogens (tertiary/aromatic N) is 3. The first-order valence-corrected chi connectivity index (χ1v) is 6.94. The van der Waals surface area contributed by atoms with Crippen LogP contribution in [0.4, 0.5) is 5.69 Å². The number of benzene rings is 1. The average Bonchev–Trinajstić information content (AvgIpc) is 2.72. The Balaban J connectivity index is 2.00. The molecule has 3 rings (SSSR count). The molecule has 1 aliphatic heterocycles. The van der Waals surface area contributed by atoms with Gasteiger partial charge in [0.1, 0.15) is 6.33 Å². The van der Waals surface area contributed by atoms with E-state index in [0.29, 0.717) is 18.0 Å². The molecule has 0 aliphatic carbocycles. The number of hydrogen-bond donors (Lipinski definition) is 0. The Kier molecular flexibility index (Phi) is 3.40. The number of likely N-dealkylation sites (N-methyl/N-ethyl adjacent to an activating group) is 1. The third-order valence-electron chi connectivity index (χ3n) is 3.59. The van der Waals surface area contributed by atoms with Crippen LogP contribution in [-0.4, -0.2) is 22.4 Å². The number of anilines is 1. The summed E-state index contributed by atoms with van der Waals surface area (Å²) < 4.78 is 0. The van der Waals surface area contributed by atoms with Crippen molar-refractivity contribution in [3.8, 4) is 0 Å². The number of carbonyl (C=O) groups excluding carboxylic acids is 1. The van der Waals surface area contributed by atoms with Gasteiger partial charge in [-0.2, -0.15) is 0 Å². The van der Waals surface area contributed by atoms with Gasteiger partial charge in [-0.05, 0) is 36.8 Å². The van der Waals surface area contributed by atoms with E-state index in [1.165, 1.54) is 6.33 Å². The Morgan fingerprint density at radius 1 is 1.35 bits per heavy atom. The number of rotatable bonds is 3. The highest BCUT2D eigenvalue weighted by Gasteiger charge is 2.36. The van der Waals surface area contributed by atoms with Crippen LogP contribution in [0.2, 0.25) is 5.02 Å². The largest absolute Gasteiger partial charge is 0.312 e. The minimum atomic E-state index is -0.210. The summed E-state index contributed by atoms with van der Waals surface area (Å²) in [6, 6.07) is 7.46. The molecule has 1 amide bonds. The van der Waals surface area contributed by atoms with Gasteiger partial charge in [-0.25, -0.2) is 9.97 Å². The van der Waals surface area contributed by atoms with Crippen molar-refractivity contribution >= 4 is 23.2 Å². The predicted octanol–water partition coefficient (Wildman–Crippen LogP) is 2.82. The van der Waals surface area contributed by atoms with Gasteiger partial charge in [0.25, 0.3) is 0 Å². The molecule has 0 saturated heterocycles. The number of carbonyl (C=O) groups is 1. The normalized spacial score (nSPS) is 17.4. The molecule has 0 spiro atoms. The molecule has 1 aliphatic rings. The van der Waals surface area contributed by atoms with Crippen LogP contribution in [-0.2, 0) is 11.2 Å². The summed E-state index contributed by atoms with van der Waals surface area (Å²) in [7, 11) is 0. The molecular weight excluding hydrogens is 274 g/mol. The van der Waals surface area contributed by atoms with Crippen LogP contribution < -0.4 is 4.90 Å². The van der Waals surface area contributed by atoms with Gasteiger partial charge in [0.05, 0.1) is 5.92 Å². The lowest BCUT2D eigenvalue weighted by molar-refractivity contribution is -0.119. The highest BCUT2D eigenvalue weighted by atomic mass is 35.5. The molecule has 0 N–H and O–H groups in total. The Hall–Kier alpha value is -1.94. The Labute approximate surface area is 122 Å². The van der Waals surface area contributed by atoms with Gasteiger partial charge in [0.15, 0.2) is 0 Å². The lowest BCUT2D eigenvalue weighted by atomic mass is 9.95. The predicted molar refractivity (Wildman–Crippen MR) is 78.0 cm³/mol. The summed E-state index contributed by atoms with van der Waals surface area (Å²) >= 11 is 6.07. The van der Waals surface area contributed by atoms with E-state index in [0.717, 1.165) is 16.9 Å². The van der Waals surface area contributed by atoms with Crippen LogP contribution in [0, 0.1) is 0 Å². The van der Waals surface area contributed by atoms with Crippen molar-refractivity contribution in [2.75, 3.05) is 11.4 Å². The summed E-state index contributed by atoms with van der Waals surface area (Å²) in [5.41, 5.74) is 2.81. The van der Waals surface area contributed by atoms with Gasteiger partial charge in [-0.3, -0.25) is 4.79 Å². The first-order valence-electron chi connectivity index (χ1n) is 6.56. The molecule has 1 aromatic heterocycles. The van der Waals surface area contributed by atoms with E-state index >= 15 is 0 Å². The third-order valence-corrected chi connectivity index (χ3v) is 3.83. The maximum absolute atomic E-state index is 12.5. The Morgan fingerprint density at radius 2 is 2.20 bits per heavy atom. The number of halogens is 1. The third kappa shape index (κ3) is 2.16. The van der Waals surface area contributed by atoms with Crippen LogP contribution in [0.1, 0.15) is 24.1 Å². The molecule has 1 atom stereocenters. The second-order valence-electron chi connectivity index (χ2n) is 4.74. The van der Waals surface area contributed by atoms with Crippen LogP contribution in [0.5, 0.6) is 0 Å². The fraction of sp³-hybridized carbons (Fsp3) is 0.267. The highest BCUT2D eigenvalue weighted by Crippen LogP contribution is 2.40. The number of fused-ring (bicyclic) bond motifs is 1. The lowest BCUT2D eigenvalue weighted by Gasteiger charge is -2.15. The van der Waals surface area contributed by atoms with E-state index in [-0.39, 0.29) is 11.8 Å². The minimum absolute atomic E-state index is 0.114. The molecule has 0 fully saturated rings. The second kappa shape index (κ2) is 5.21. The monoisotopic (exact) mass is 287 g/mol. The zero-order valence-corrected chi connectivity index (χ0v) is 11.8. The van der Waals surface area contributed by atoms with Crippen LogP contribution in [0.15, 0.2) is 36.8 Å². The first-order chi connectivity index (χ1) is 9.70. The van der Waals surface area contributed by atoms with Crippen molar-refractivity contribution < 1.29 is 4.79 Å². The van der Waals surface area contributed by atoms with Crippen molar-refractivity contribution in [1.82, 2.24) is 9.97 Å². The van der Waals surface area contributed by atoms with Crippen molar-refractivity contribution in [2.24, 2.45) is 0 Å². The summed E-state index contributed by atoms with van der Waals surface area (Å²) in [4.78, 5) is 22.5. The molecule has 4 nitrogen and oxygen atoms in total. The van der Waals surface area contributed by atoms with Crippen LogP contribution in [0.3, 0.4) is 0 Å². The zero-order valence-electron chi connectivity index (χ0n) is 11.1. The molecule has 0 bridgehead atoms. The van der Waals surface area contributed by atoms with Gasteiger partial charge >= 0.3 is 0 Å². The van der Waals surface area contributed by atoms with E-state index in [9.17, 15) is 4.79 Å². The molecule has 5 heteroatoms. The van der Waals surface area contributed by atoms with Gasteiger partial charge in [-0.15, -0.1) is 0 Å². The molecule has 102 valence electrons. The summed E-state index contributed by atoms with van der Waals surface area (Å²) in [5, 5.41) is 0.655. The van der Waals surface area contributed by atoms with Crippen molar-refractivity contribution in [3.63, 3.8) is 0 Å². The number of aromatic nitrogens is 2. The van der Waals surface area contributed by atoms with E-state index < -0.39 is 0 Å². The molecule has 1 unspecified atom stereocenters. The molecule has 2 heterocycles. The first kappa shape index (κ1) is 13.1. The van der Waals surface area contributed by atoms with Crippen molar-refractivity contribution in [3.05, 3.63) is 53.1 Å². The number of amides is 1. The Bertz CT molecular complexity index is 645. The van der Waals surface area contributed by atoms with Crippen LogP contribution >= 0.6 is 11.6 Å². The van der Waals surface area contributed by atoms with E-state index in [4.69, 9.17) is 11.6 Å². The van der Waals surface area contributed by atoms with E-state index in [2.05, 4.69) is 9.97 Å². The quantitative estimate of drug-likeness (QED) is 0.872. The van der Waals surface area contributed by atoms with Crippen molar-refractivity contribution in [2.45, 2.75) is 19.3 Å². The van der Waals surface area contributed by atoms with Gasteiger partial charge < -0.3 is 4.90 Å². The molecule has 0 radical (unpaired) electrons. The lowest BCUT2D eigenvalue weighted by Crippen LogP contribution is -2.29. The van der Waals surface area contributed by atoms with Gasteiger partial charge in [0, 0.05) is 35.6 Å². The fourth-order valence-electron chi connectivity index (χ4n) is 2.66. The minimum Gasteiger partial charge on any atom is -0.312 e. The topological polar surface area (TPSA) is 46.1 Å². The van der Waals surface area contributed by atoms with Gasteiger partial charge in [0.2, 0.25) is 5.91 Å². The fourth-order valence-corrected chi connectivity index (χ4v) is 2.84. The van der Waals surface area contributed by atoms with E-state index in [1.54, 1.807) is 11.1 Å². The summed E-state index contributed by atoms with van der Waals surface area (Å²) in [6.45, 7) is 2.64. The summed E-state index contributed by atoms with van der Waals surface area (Å²) in [6.07, 6.45) is 3.77. The highest BCUT2D eigenvalue weighted by molar-refractivity contribution is 6.31. The van der Waals surface area contributed by atoms with E-state index in [1.807, 2.05) is 31.2 Å². The molecular formula is C15H14ClN3O. The smallest absolute Gasteiger partial charge is 0.235 e. The molecule has 1 aromatic carbocycles. The molecule has 20 heavy (non-hydrogen) atoms. The average molecular weight is 288 g/mol. The van der Waals surface area contributed by atoms with Crippen molar-refractivity contribution in [1.29, 1.82) is 0 Å². The maximum atomic E-state index is 12.5.